The Morgan fingerprint density at radius 3 is 2.60 bits per heavy atom. The summed E-state index contributed by atoms with van der Waals surface area (Å²) in [5, 5.41) is 8.66. The zero-order valence-corrected chi connectivity index (χ0v) is 14.7. The van der Waals surface area contributed by atoms with E-state index >= 15 is 0 Å². The third kappa shape index (κ3) is 4.81. The summed E-state index contributed by atoms with van der Waals surface area (Å²) in [6, 6.07) is 17.0. The molecule has 5 nitrogen and oxygen atoms in total. The maximum absolute atomic E-state index is 11.8. The first-order chi connectivity index (χ1) is 12.2. The molecule has 2 aromatic carbocycles. The molecule has 0 saturated carbocycles. The smallest absolute Gasteiger partial charge is 0.319 e. The van der Waals surface area contributed by atoms with E-state index in [9.17, 15) is 4.79 Å². The van der Waals surface area contributed by atoms with Crippen molar-refractivity contribution in [2.24, 2.45) is 0 Å². The predicted molar refractivity (Wildman–Crippen MR) is 101 cm³/mol. The highest BCUT2D eigenvalue weighted by molar-refractivity contribution is 7.09. The highest BCUT2D eigenvalue weighted by Gasteiger charge is 2.06. The van der Waals surface area contributed by atoms with Gasteiger partial charge >= 0.3 is 6.03 Å². The first-order valence-corrected chi connectivity index (χ1v) is 8.81. The summed E-state index contributed by atoms with van der Waals surface area (Å²) in [5.41, 5.74) is 2.77. The Labute approximate surface area is 150 Å². The van der Waals surface area contributed by atoms with Gasteiger partial charge in [0.2, 0.25) is 0 Å². The molecule has 3 aromatic rings. The van der Waals surface area contributed by atoms with Crippen LogP contribution in [0.25, 0.3) is 11.3 Å². The number of hydrogen-bond donors (Lipinski definition) is 2. The lowest BCUT2D eigenvalue weighted by Gasteiger charge is -2.06. The topological polar surface area (TPSA) is 63.2 Å². The van der Waals surface area contributed by atoms with Crippen LogP contribution in [0.1, 0.15) is 5.01 Å². The van der Waals surface area contributed by atoms with E-state index in [1.165, 1.54) is 0 Å². The molecule has 0 aliphatic heterocycles. The van der Waals surface area contributed by atoms with Gasteiger partial charge in [0, 0.05) is 29.6 Å². The predicted octanol–water partition coefficient (Wildman–Crippen LogP) is 4.18. The molecule has 128 valence electrons. The zero-order valence-electron chi connectivity index (χ0n) is 13.9. The van der Waals surface area contributed by atoms with Crippen LogP contribution in [-0.4, -0.2) is 24.7 Å². The molecule has 1 aromatic heterocycles. The fourth-order valence-electron chi connectivity index (χ4n) is 2.30. The first kappa shape index (κ1) is 17.0. The minimum Gasteiger partial charge on any atom is -0.497 e. The lowest BCUT2D eigenvalue weighted by molar-refractivity contribution is 0.252. The summed E-state index contributed by atoms with van der Waals surface area (Å²) in [7, 11) is 1.65. The van der Waals surface area contributed by atoms with Gasteiger partial charge in [-0.2, -0.15) is 0 Å². The number of nitrogens with zero attached hydrogens (tertiary/aromatic N) is 1. The van der Waals surface area contributed by atoms with Crippen molar-refractivity contribution in [2.45, 2.75) is 6.42 Å². The molecular formula is C19H19N3O2S. The Morgan fingerprint density at radius 2 is 1.88 bits per heavy atom. The number of benzene rings is 2. The molecule has 0 spiro atoms. The van der Waals surface area contributed by atoms with Crippen molar-refractivity contribution in [3.8, 4) is 17.0 Å². The second kappa shape index (κ2) is 8.30. The number of para-hydroxylation sites is 1. The average molecular weight is 353 g/mol. The van der Waals surface area contributed by atoms with Crippen molar-refractivity contribution >= 4 is 23.1 Å². The Balaban J connectivity index is 1.49. The maximum atomic E-state index is 11.8. The van der Waals surface area contributed by atoms with Crippen LogP contribution in [0.2, 0.25) is 0 Å². The van der Waals surface area contributed by atoms with Crippen molar-refractivity contribution in [1.29, 1.82) is 0 Å². The molecular weight excluding hydrogens is 334 g/mol. The molecule has 0 saturated heterocycles. The van der Waals surface area contributed by atoms with Crippen LogP contribution in [0.3, 0.4) is 0 Å². The number of nitrogens with one attached hydrogen (secondary N) is 2. The van der Waals surface area contributed by atoms with Crippen LogP contribution in [0.5, 0.6) is 5.75 Å². The van der Waals surface area contributed by atoms with E-state index in [0.717, 1.165) is 27.7 Å². The van der Waals surface area contributed by atoms with Crippen LogP contribution < -0.4 is 15.4 Å². The number of rotatable bonds is 6. The SMILES string of the molecule is COc1ccc(-c2csc(CCNC(=O)Nc3ccccc3)n2)cc1. The lowest BCUT2D eigenvalue weighted by Crippen LogP contribution is -2.30. The van der Waals surface area contributed by atoms with Gasteiger partial charge in [-0.25, -0.2) is 9.78 Å². The van der Waals surface area contributed by atoms with E-state index in [2.05, 4.69) is 15.6 Å². The summed E-state index contributed by atoms with van der Waals surface area (Å²) in [6.45, 7) is 0.536. The minimum absolute atomic E-state index is 0.210. The molecule has 0 aliphatic carbocycles. The summed E-state index contributed by atoms with van der Waals surface area (Å²) in [6.07, 6.45) is 0.697. The summed E-state index contributed by atoms with van der Waals surface area (Å²) in [5.74, 6) is 0.827. The monoisotopic (exact) mass is 353 g/mol. The largest absolute Gasteiger partial charge is 0.497 e. The zero-order chi connectivity index (χ0) is 17.5. The molecule has 2 N–H and O–H groups in total. The number of methoxy groups -OCH3 is 1. The summed E-state index contributed by atoms with van der Waals surface area (Å²) >= 11 is 1.60. The van der Waals surface area contributed by atoms with Crippen LogP contribution in [0.15, 0.2) is 60.0 Å². The van der Waals surface area contributed by atoms with Gasteiger partial charge in [0.1, 0.15) is 5.75 Å². The van der Waals surface area contributed by atoms with Crippen molar-refractivity contribution in [3.63, 3.8) is 0 Å². The number of hydrogen-bond acceptors (Lipinski definition) is 4. The third-order valence-corrected chi connectivity index (χ3v) is 4.50. The van der Waals surface area contributed by atoms with Gasteiger partial charge in [-0.3, -0.25) is 0 Å². The number of urea groups is 1. The van der Waals surface area contributed by atoms with Crippen molar-refractivity contribution in [2.75, 3.05) is 19.0 Å². The van der Waals surface area contributed by atoms with E-state index in [4.69, 9.17) is 4.74 Å². The molecule has 6 heteroatoms. The number of anilines is 1. The van der Waals surface area contributed by atoms with E-state index in [0.29, 0.717) is 13.0 Å². The van der Waals surface area contributed by atoms with Gasteiger partial charge in [0.25, 0.3) is 0 Å². The molecule has 0 atom stereocenters. The van der Waals surface area contributed by atoms with Gasteiger partial charge in [0.15, 0.2) is 0 Å². The Kier molecular flexibility index (Phi) is 5.64. The van der Waals surface area contributed by atoms with Crippen molar-refractivity contribution < 1.29 is 9.53 Å². The van der Waals surface area contributed by atoms with Crippen molar-refractivity contribution in [3.05, 3.63) is 65.0 Å². The Bertz CT molecular complexity index is 816. The third-order valence-electron chi connectivity index (χ3n) is 3.59. The van der Waals surface area contributed by atoms with Crippen LogP contribution in [-0.2, 0) is 6.42 Å². The van der Waals surface area contributed by atoms with Gasteiger partial charge in [-0.1, -0.05) is 18.2 Å². The molecule has 0 fully saturated rings. The van der Waals surface area contributed by atoms with Crippen molar-refractivity contribution in [1.82, 2.24) is 10.3 Å². The molecule has 3 rings (SSSR count). The van der Waals surface area contributed by atoms with E-state index in [-0.39, 0.29) is 6.03 Å². The van der Waals surface area contributed by atoms with Gasteiger partial charge < -0.3 is 15.4 Å². The standard InChI is InChI=1S/C19H19N3O2S/c1-24-16-9-7-14(8-10-16)17-13-25-18(22-17)11-12-20-19(23)21-15-5-3-2-4-6-15/h2-10,13H,11-12H2,1H3,(H2,20,21,23). The number of amides is 2. The average Bonchev–Trinajstić information content (AvgIpc) is 3.11. The fourth-order valence-corrected chi connectivity index (χ4v) is 3.11. The second-order valence-electron chi connectivity index (χ2n) is 5.35. The molecule has 0 aliphatic rings. The van der Waals surface area contributed by atoms with Crippen LogP contribution in [0, 0.1) is 0 Å². The molecule has 0 radical (unpaired) electrons. The van der Waals surface area contributed by atoms with Crippen LogP contribution >= 0.6 is 11.3 Å². The molecule has 2 amide bonds. The first-order valence-electron chi connectivity index (χ1n) is 7.93. The highest BCUT2D eigenvalue weighted by Crippen LogP contribution is 2.24. The molecule has 25 heavy (non-hydrogen) atoms. The van der Waals surface area contributed by atoms with Gasteiger partial charge in [-0.05, 0) is 36.4 Å². The second-order valence-corrected chi connectivity index (χ2v) is 6.29. The Hall–Kier alpha value is -2.86. The Morgan fingerprint density at radius 1 is 1.12 bits per heavy atom. The number of ether oxygens (including phenoxy) is 1. The number of aromatic nitrogens is 1. The van der Waals surface area contributed by atoms with Gasteiger partial charge in [0.05, 0.1) is 17.8 Å². The number of carbonyl (C=O) groups excluding carboxylic acids is 1. The highest BCUT2D eigenvalue weighted by atomic mass is 32.1. The molecule has 0 bridgehead atoms. The van der Waals surface area contributed by atoms with Crippen LogP contribution in [0.4, 0.5) is 10.5 Å². The summed E-state index contributed by atoms with van der Waals surface area (Å²) in [4.78, 5) is 16.5. The van der Waals surface area contributed by atoms with E-state index < -0.39 is 0 Å². The van der Waals surface area contributed by atoms with Gasteiger partial charge in [-0.15, -0.1) is 11.3 Å². The number of carbonyl (C=O) groups is 1. The van der Waals surface area contributed by atoms with E-state index in [1.807, 2.05) is 60.0 Å². The molecule has 1 heterocycles. The quantitative estimate of drug-likeness (QED) is 0.699. The maximum Gasteiger partial charge on any atom is 0.319 e. The fraction of sp³-hybridized carbons (Fsp3) is 0.158. The molecule has 0 unspecified atom stereocenters. The number of thiazole rings is 1. The minimum atomic E-state index is -0.210. The normalized spacial score (nSPS) is 10.3. The summed E-state index contributed by atoms with van der Waals surface area (Å²) < 4.78 is 5.16. The van der Waals surface area contributed by atoms with E-state index in [1.54, 1.807) is 18.4 Å². The lowest BCUT2D eigenvalue weighted by atomic mass is 10.2.